The van der Waals surface area contributed by atoms with E-state index in [4.69, 9.17) is 73.9 Å². The molecule has 0 aliphatic carbocycles. The average molecular weight is 854 g/mol. The third kappa shape index (κ3) is 84.7. The molecule has 0 spiro atoms. The van der Waals surface area contributed by atoms with Crippen molar-refractivity contribution < 1.29 is 14.7 Å². The third-order valence-corrected chi connectivity index (χ3v) is 8.75. The minimum Gasteiger partial charge on any atom is -0.465 e. The first-order valence-corrected chi connectivity index (χ1v) is 23.6. The summed E-state index contributed by atoms with van der Waals surface area (Å²) in [6.45, 7) is 10.3. The van der Waals surface area contributed by atoms with Crippen LogP contribution in [0, 0.1) is 0 Å². The van der Waals surface area contributed by atoms with E-state index >= 15 is 0 Å². The second kappa shape index (κ2) is 73.9. The number of nitrogens with two attached hydrogens (primary N) is 12. The highest BCUT2D eigenvalue weighted by Crippen LogP contribution is 2.10. The molecule has 16 nitrogen and oxygen atoms in total. The van der Waals surface area contributed by atoms with Crippen LogP contribution in [0.1, 0.15) is 180 Å². The summed E-state index contributed by atoms with van der Waals surface area (Å²) in [6, 6.07) is 0. The predicted molar refractivity (Wildman–Crippen MR) is 258 cm³/mol. The zero-order valence-electron chi connectivity index (χ0n) is 38.6. The van der Waals surface area contributed by atoms with Crippen molar-refractivity contribution in [2.75, 3.05) is 85.1 Å². The average Bonchev–Trinajstić information content (AvgIpc) is 3.47. The molecule has 0 bridgehead atoms. The highest BCUT2D eigenvalue weighted by Gasteiger charge is 2.21. The summed E-state index contributed by atoms with van der Waals surface area (Å²) in [5, 5.41) is 8.54. The Kier molecular flexibility index (Phi) is 86.7. The van der Waals surface area contributed by atoms with Crippen LogP contribution in [0.3, 0.4) is 0 Å². The van der Waals surface area contributed by atoms with Crippen molar-refractivity contribution in [3.63, 3.8) is 0 Å². The summed E-state index contributed by atoms with van der Waals surface area (Å²) in [6.07, 6.45) is 30.6. The van der Waals surface area contributed by atoms with Gasteiger partial charge in [-0.1, -0.05) is 83.5 Å². The number of unbranched alkanes of at least 4 members (excludes halogenated alkanes) is 18. The van der Waals surface area contributed by atoms with Gasteiger partial charge in [-0.15, -0.1) is 0 Å². The van der Waals surface area contributed by atoms with Crippen molar-refractivity contribution in [3.05, 3.63) is 0 Å². The fourth-order valence-electron chi connectivity index (χ4n) is 5.04. The van der Waals surface area contributed by atoms with Crippen molar-refractivity contribution in [3.8, 4) is 0 Å². The van der Waals surface area contributed by atoms with Gasteiger partial charge < -0.3 is 73.9 Å². The Labute approximate surface area is 364 Å². The maximum Gasteiger partial charge on any atom is 0.414 e. The van der Waals surface area contributed by atoms with Gasteiger partial charge >= 0.3 is 6.09 Å². The molecule has 0 saturated carbocycles. The summed E-state index contributed by atoms with van der Waals surface area (Å²) < 4.78 is 0. The van der Waals surface area contributed by atoms with E-state index in [1.54, 1.807) is 0 Å². The molecule has 1 aliphatic heterocycles. The van der Waals surface area contributed by atoms with Crippen LogP contribution in [0.5, 0.6) is 0 Å². The molecule has 59 heavy (non-hydrogen) atoms. The van der Waals surface area contributed by atoms with E-state index in [-0.39, 0.29) is 5.91 Å². The highest BCUT2D eigenvalue weighted by atomic mass is 16.4. The zero-order chi connectivity index (χ0) is 45.7. The van der Waals surface area contributed by atoms with Gasteiger partial charge in [0, 0.05) is 13.0 Å². The van der Waals surface area contributed by atoms with Crippen LogP contribution in [0.15, 0.2) is 0 Å². The molecule has 1 rings (SSSR count). The van der Waals surface area contributed by atoms with Crippen molar-refractivity contribution in [1.29, 1.82) is 0 Å². The minimum atomic E-state index is -1.11. The van der Waals surface area contributed by atoms with E-state index in [1.807, 2.05) is 0 Å². The summed E-state index contributed by atoms with van der Waals surface area (Å²) in [7, 11) is 0. The predicted octanol–water partition coefficient (Wildman–Crippen LogP) is 3.85. The third-order valence-electron chi connectivity index (χ3n) is 8.75. The van der Waals surface area contributed by atoms with E-state index < -0.39 is 6.09 Å². The lowest BCUT2D eigenvalue weighted by molar-refractivity contribution is -0.128. The molecule has 1 saturated heterocycles. The van der Waals surface area contributed by atoms with Gasteiger partial charge in [0.05, 0.1) is 0 Å². The molecule has 1 heterocycles. The van der Waals surface area contributed by atoms with E-state index in [2.05, 4.69) is 0 Å². The Morgan fingerprint density at radius 1 is 0.339 bits per heavy atom. The molecule has 0 aromatic carbocycles. The number of carboxylic acid groups (broad SMARTS) is 1. The van der Waals surface area contributed by atoms with Crippen molar-refractivity contribution in [2.45, 2.75) is 180 Å². The van der Waals surface area contributed by atoms with Crippen LogP contribution >= 0.6 is 0 Å². The van der Waals surface area contributed by atoms with Crippen molar-refractivity contribution >= 4 is 12.0 Å². The first-order valence-electron chi connectivity index (χ1n) is 23.6. The lowest BCUT2D eigenvalue weighted by atomic mass is 10.2. The Morgan fingerprint density at radius 3 is 0.678 bits per heavy atom. The molecule has 16 heteroatoms. The molecule has 0 aromatic heterocycles. The second-order valence-electron chi connectivity index (χ2n) is 14.6. The number of hydrogen-bond acceptors (Lipinski definition) is 14. The molecular formula is C43H107N13O3. The van der Waals surface area contributed by atoms with Crippen LogP contribution in [0.25, 0.3) is 0 Å². The van der Waals surface area contributed by atoms with Crippen LogP contribution < -0.4 is 68.8 Å². The molecule has 1 aliphatic rings. The number of rotatable bonds is 30. The fourth-order valence-corrected chi connectivity index (χ4v) is 5.04. The SMILES string of the molecule is NCCCCCCN.NCCCCCCN.NCCCCCCN.NCCCCCCN.NCCCCCCN.NCCCCCCN.O=C(O)N1CCCCCC1=O. The Hall–Kier alpha value is -1.54. The molecule has 0 radical (unpaired) electrons. The standard InChI is InChI=1S/C7H11NO3.6C6H16N2/c9-6-4-2-1-3-5-8(6)7(10)11;6*7-5-3-1-2-4-6-8/h1-5H2,(H,10,11);6*1-8H2. The van der Waals surface area contributed by atoms with Crippen LogP contribution in [0.2, 0.25) is 0 Å². The number of likely N-dealkylation sites (tertiary alicyclic amines) is 1. The zero-order valence-corrected chi connectivity index (χ0v) is 38.6. The van der Waals surface area contributed by atoms with Gasteiger partial charge in [0.25, 0.3) is 0 Å². The molecule has 25 N–H and O–H groups in total. The first kappa shape index (κ1) is 69.2. The van der Waals surface area contributed by atoms with Gasteiger partial charge in [-0.3, -0.25) is 4.79 Å². The molecule has 0 atom stereocenters. The van der Waals surface area contributed by atoms with Crippen LogP contribution in [-0.2, 0) is 4.79 Å². The fraction of sp³-hybridized carbons (Fsp3) is 0.953. The number of nitrogens with zero attached hydrogens (tertiary/aromatic N) is 1. The number of hydrogen-bond donors (Lipinski definition) is 13. The lowest BCUT2D eigenvalue weighted by Crippen LogP contribution is -2.34. The van der Waals surface area contributed by atoms with Gasteiger partial charge in [-0.05, 0) is 168 Å². The smallest absolute Gasteiger partial charge is 0.414 e. The van der Waals surface area contributed by atoms with E-state index in [0.29, 0.717) is 13.0 Å². The van der Waals surface area contributed by atoms with Gasteiger partial charge in [0.15, 0.2) is 0 Å². The second-order valence-corrected chi connectivity index (χ2v) is 14.6. The molecular weight excluding hydrogens is 747 g/mol. The quantitative estimate of drug-likeness (QED) is 0.0456. The number of imide groups is 1. The molecule has 0 aromatic rings. The Morgan fingerprint density at radius 2 is 0.525 bits per heavy atom. The van der Waals surface area contributed by atoms with E-state index in [0.717, 1.165) is 180 Å². The number of carbonyl (C=O) groups is 2. The van der Waals surface area contributed by atoms with Gasteiger partial charge in [0.2, 0.25) is 5.91 Å². The molecule has 0 unspecified atom stereocenters. The molecule has 362 valence electrons. The van der Waals surface area contributed by atoms with Crippen LogP contribution in [0.4, 0.5) is 4.79 Å². The molecule has 2 amide bonds. The highest BCUT2D eigenvalue weighted by molar-refractivity contribution is 5.91. The topological polar surface area (TPSA) is 370 Å². The summed E-state index contributed by atoms with van der Waals surface area (Å²) in [5.74, 6) is -0.255. The van der Waals surface area contributed by atoms with Crippen molar-refractivity contribution in [1.82, 2.24) is 4.90 Å². The lowest BCUT2D eigenvalue weighted by Gasteiger charge is -2.12. The van der Waals surface area contributed by atoms with E-state index in [9.17, 15) is 9.59 Å². The van der Waals surface area contributed by atoms with Gasteiger partial charge in [-0.2, -0.15) is 0 Å². The van der Waals surface area contributed by atoms with Crippen LogP contribution in [-0.4, -0.2) is 107 Å². The monoisotopic (exact) mass is 854 g/mol. The van der Waals surface area contributed by atoms with Gasteiger partial charge in [-0.25, -0.2) is 9.69 Å². The summed E-state index contributed by atoms with van der Waals surface area (Å²) in [4.78, 5) is 22.3. The first-order chi connectivity index (χ1) is 28.7. The normalized spacial score (nSPS) is 11.6. The Bertz CT molecular complexity index is 574. The molecule has 1 fully saturated rings. The van der Waals surface area contributed by atoms with Gasteiger partial charge in [0.1, 0.15) is 0 Å². The largest absolute Gasteiger partial charge is 0.465 e. The summed E-state index contributed by atoms with van der Waals surface area (Å²) >= 11 is 0. The summed E-state index contributed by atoms with van der Waals surface area (Å²) in [5.41, 5.74) is 63.4. The number of amides is 2. The number of carbonyl (C=O) groups excluding carboxylic acids is 1. The van der Waals surface area contributed by atoms with E-state index in [1.165, 1.54) is 77.0 Å². The maximum absolute atomic E-state index is 11.0. The Balaban J connectivity index is -0.000000139. The van der Waals surface area contributed by atoms with Crippen molar-refractivity contribution in [2.24, 2.45) is 68.8 Å². The maximum atomic E-state index is 11.0. The minimum absolute atomic E-state index is 0.255.